The van der Waals surface area contributed by atoms with Gasteiger partial charge in [-0.15, -0.1) is 10.2 Å². The van der Waals surface area contributed by atoms with E-state index in [9.17, 15) is 9.59 Å². The SMILES string of the molecule is CCCCCn1c(=O)c2ccccc2n2c(SCCOc3ccccc3C(C)=O)nnc12. The van der Waals surface area contributed by atoms with Crippen LogP contribution in [0, 0.1) is 0 Å². The highest BCUT2D eigenvalue weighted by atomic mass is 32.2. The summed E-state index contributed by atoms with van der Waals surface area (Å²) >= 11 is 1.51. The van der Waals surface area contributed by atoms with Crippen LogP contribution in [-0.2, 0) is 6.54 Å². The van der Waals surface area contributed by atoms with Crippen LogP contribution >= 0.6 is 11.8 Å². The van der Waals surface area contributed by atoms with Crippen molar-refractivity contribution in [3.05, 3.63) is 64.4 Å². The molecular weight excluding hydrogens is 424 g/mol. The third kappa shape index (κ3) is 4.41. The monoisotopic (exact) mass is 450 g/mol. The van der Waals surface area contributed by atoms with Gasteiger partial charge in [0.05, 0.1) is 23.1 Å². The molecule has 4 aromatic rings. The lowest BCUT2D eigenvalue weighted by molar-refractivity contribution is 0.101. The predicted octanol–water partition coefficient (Wildman–Crippen LogP) is 4.61. The summed E-state index contributed by atoms with van der Waals surface area (Å²) in [6.07, 6.45) is 3.06. The molecule has 0 bridgehead atoms. The number of benzene rings is 2. The molecule has 8 heteroatoms. The molecule has 0 amide bonds. The van der Waals surface area contributed by atoms with Crippen molar-refractivity contribution in [1.29, 1.82) is 0 Å². The summed E-state index contributed by atoms with van der Waals surface area (Å²) < 4.78 is 9.54. The van der Waals surface area contributed by atoms with Crippen LogP contribution in [0.25, 0.3) is 16.7 Å². The molecule has 2 aromatic carbocycles. The average Bonchev–Trinajstić information content (AvgIpc) is 3.23. The fraction of sp³-hybridized carbons (Fsp3) is 0.333. The van der Waals surface area contributed by atoms with E-state index in [4.69, 9.17) is 4.74 Å². The summed E-state index contributed by atoms with van der Waals surface area (Å²) in [4.78, 5) is 24.9. The van der Waals surface area contributed by atoms with Crippen molar-refractivity contribution >= 4 is 34.2 Å². The molecule has 2 aromatic heterocycles. The van der Waals surface area contributed by atoms with Gasteiger partial charge < -0.3 is 4.74 Å². The molecule has 0 saturated carbocycles. The molecule has 0 aliphatic carbocycles. The van der Waals surface area contributed by atoms with E-state index in [2.05, 4.69) is 17.1 Å². The van der Waals surface area contributed by atoms with Gasteiger partial charge in [-0.25, -0.2) is 0 Å². The number of para-hydroxylation sites is 2. The highest BCUT2D eigenvalue weighted by Crippen LogP contribution is 2.23. The van der Waals surface area contributed by atoms with E-state index in [0.29, 0.717) is 46.5 Å². The van der Waals surface area contributed by atoms with E-state index < -0.39 is 0 Å². The summed E-state index contributed by atoms with van der Waals surface area (Å²) in [5, 5.41) is 10.1. The summed E-state index contributed by atoms with van der Waals surface area (Å²) in [7, 11) is 0. The summed E-state index contributed by atoms with van der Waals surface area (Å²) in [6.45, 7) is 4.71. The quantitative estimate of drug-likeness (QED) is 0.199. The lowest BCUT2D eigenvalue weighted by Crippen LogP contribution is -2.23. The van der Waals surface area contributed by atoms with E-state index in [0.717, 1.165) is 24.8 Å². The van der Waals surface area contributed by atoms with Gasteiger partial charge in [-0.2, -0.15) is 0 Å². The first kappa shape index (κ1) is 22.1. The van der Waals surface area contributed by atoms with Crippen LogP contribution in [0.2, 0.25) is 0 Å². The Labute approximate surface area is 190 Å². The van der Waals surface area contributed by atoms with Crippen LogP contribution in [0.4, 0.5) is 0 Å². The maximum atomic E-state index is 13.1. The number of aryl methyl sites for hydroxylation is 1. The maximum absolute atomic E-state index is 13.1. The zero-order chi connectivity index (χ0) is 22.5. The molecule has 7 nitrogen and oxygen atoms in total. The Balaban J connectivity index is 1.59. The molecule has 0 spiro atoms. The van der Waals surface area contributed by atoms with Crippen LogP contribution in [0.5, 0.6) is 5.75 Å². The maximum Gasteiger partial charge on any atom is 0.262 e. The topological polar surface area (TPSA) is 78.5 Å². The fourth-order valence-corrected chi connectivity index (χ4v) is 4.47. The number of unbranched alkanes of at least 4 members (excludes halogenated alkanes) is 2. The highest BCUT2D eigenvalue weighted by molar-refractivity contribution is 7.99. The average molecular weight is 451 g/mol. The number of ketones is 1. The number of aromatic nitrogens is 4. The number of hydrogen-bond acceptors (Lipinski definition) is 6. The second-order valence-electron chi connectivity index (χ2n) is 7.55. The molecular formula is C24H26N4O3S. The number of nitrogens with zero attached hydrogens (tertiary/aromatic N) is 4. The molecule has 0 atom stereocenters. The fourth-order valence-electron chi connectivity index (χ4n) is 3.72. The first-order chi connectivity index (χ1) is 15.6. The van der Waals surface area contributed by atoms with Crippen LogP contribution in [0.15, 0.2) is 58.5 Å². The van der Waals surface area contributed by atoms with Crippen LogP contribution < -0.4 is 10.3 Å². The van der Waals surface area contributed by atoms with Gasteiger partial charge in [0, 0.05) is 12.3 Å². The smallest absolute Gasteiger partial charge is 0.262 e. The van der Waals surface area contributed by atoms with E-state index in [1.165, 1.54) is 18.7 Å². The number of Topliss-reactive ketones (excluding diaryl/α,β-unsaturated/α-hetero) is 1. The molecule has 166 valence electrons. The van der Waals surface area contributed by atoms with Crippen molar-refractivity contribution in [2.24, 2.45) is 0 Å². The lowest BCUT2D eigenvalue weighted by Gasteiger charge is -2.11. The van der Waals surface area contributed by atoms with Gasteiger partial charge in [0.2, 0.25) is 5.78 Å². The van der Waals surface area contributed by atoms with Crippen LogP contribution in [-0.4, -0.2) is 37.3 Å². The number of carbonyl (C=O) groups excluding carboxylic acids is 1. The molecule has 0 radical (unpaired) electrons. The third-order valence-corrected chi connectivity index (χ3v) is 6.20. The number of ether oxygens (including phenoxy) is 1. The van der Waals surface area contributed by atoms with Gasteiger partial charge in [-0.1, -0.05) is 55.8 Å². The van der Waals surface area contributed by atoms with Gasteiger partial charge >= 0.3 is 0 Å². The van der Waals surface area contributed by atoms with Crippen LogP contribution in [0.1, 0.15) is 43.5 Å². The molecule has 0 aliphatic rings. The molecule has 4 rings (SSSR count). The molecule has 2 heterocycles. The first-order valence-electron chi connectivity index (χ1n) is 10.8. The zero-order valence-corrected chi connectivity index (χ0v) is 19.1. The molecule has 0 saturated heterocycles. The third-order valence-electron chi connectivity index (χ3n) is 5.30. The second-order valence-corrected chi connectivity index (χ2v) is 8.61. The van der Waals surface area contributed by atoms with E-state index in [-0.39, 0.29) is 11.3 Å². The van der Waals surface area contributed by atoms with E-state index in [1.807, 2.05) is 40.8 Å². The van der Waals surface area contributed by atoms with E-state index in [1.54, 1.807) is 16.7 Å². The standard InChI is InChI=1S/C24H26N4O3S/c1-3-4-9-14-27-22(30)19-11-5-7-12-20(19)28-23(27)25-26-24(28)32-16-15-31-21-13-8-6-10-18(21)17(2)29/h5-8,10-13H,3-4,9,14-16H2,1-2H3. The molecule has 0 fully saturated rings. The Morgan fingerprint density at radius 1 is 1.06 bits per heavy atom. The van der Waals surface area contributed by atoms with Crippen molar-refractivity contribution in [2.45, 2.75) is 44.8 Å². The minimum atomic E-state index is -0.0303. The van der Waals surface area contributed by atoms with Crippen molar-refractivity contribution in [3.8, 4) is 5.75 Å². The van der Waals surface area contributed by atoms with E-state index >= 15 is 0 Å². The Kier molecular flexibility index (Phi) is 6.90. The Morgan fingerprint density at radius 3 is 2.66 bits per heavy atom. The van der Waals surface area contributed by atoms with Crippen molar-refractivity contribution in [2.75, 3.05) is 12.4 Å². The highest BCUT2D eigenvalue weighted by Gasteiger charge is 2.16. The number of fused-ring (bicyclic) bond motifs is 3. The number of hydrogen-bond donors (Lipinski definition) is 0. The summed E-state index contributed by atoms with van der Waals surface area (Å²) in [6, 6.07) is 14.8. The van der Waals surface area contributed by atoms with Gasteiger partial charge in [-0.05, 0) is 37.6 Å². The lowest BCUT2D eigenvalue weighted by atomic mass is 10.1. The number of thioether (sulfide) groups is 1. The molecule has 0 aliphatic heterocycles. The van der Waals surface area contributed by atoms with Crippen molar-refractivity contribution in [1.82, 2.24) is 19.2 Å². The van der Waals surface area contributed by atoms with Crippen LogP contribution in [0.3, 0.4) is 0 Å². The minimum absolute atomic E-state index is 0.0239. The largest absolute Gasteiger partial charge is 0.492 e. The second kappa shape index (κ2) is 9.99. The summed E-state index contributed by atoms with van der Waals surface area (Å²) in [5.41, 5.74) is 1.35. The number of carbonyl (C=O) groups is 1. The van der Waals surface area contributed by atoms with Gasteiger partial charge in [0.25, 0.3) is 5.56 Å². The van der Waals surface area contributed by atoms with Gasteiger partial charge in [-0.3, -0.25) is 18.6 Å². The minimum Gasteiger partial charge on any atom is -0.492 e. The predicted molar refractivity (Wildman–Crippen MR) is 127 cm³/mol. The Bertz CT molecular complexity index is 1310. The van der Waals surface area contributed by atoms with Gasteiger partial charge in [0.1, 0.15) is 5.75 Å². The molecule has 32 heavy (non-hydrogen) atoms. The van der Waals surface area contributed by atoms with Crippen molar-refractivity contribution in [3.63, 3.8) is 0 Å². The summed E-state index contributed by atoms with van der Waals surface area (Å²) in [5.74, 6) is 1.75. The molecule has 0 N–H and O–H groups in total. The normalized spacial score (nSPS) is 11.3. The van der Waals surface area contributed by atoms with Crippen molar-refractivity contribution < 1.29 is 9.53 Å². The first-order valence-corrected chi connectivity index (χ1v) is 11.8. The zero-order valence-electron chi connectivity index (χ0n) is 18.3. The Hall–Kier alpha value is -3.13. The molecule has 0 unspecified atom stereocenters. The van der Waals surface area contributed by atoms with Gasteiger partial charge in [0.15, 0.2) is 10.9 Å². The number of rotatable bonds is 10. The Morgan fingerprint density at radius 2 is 1.84 bits per heavy atom.